The molecule has 27 heavy (non-hydrogen) atoms. The third-order valence-electron chi connectivity index (χ3n) is 4.49. The number of ether oxygens (including phenoxy) is 1. The number of carbonyl (C=O) groups excluding carboxylic acids is 2. The minimum absolute atomic E-state index is 0.132. The van der Waals surface area contributed by atoms with Gasteiger partial charge in [0.2, 0.25) is 0 Å². The van der Waals surface area contributed by atoms with Crippen LogP contribution in [0.3, 0.4) is 0 Å². The average molecular weight is 368 g/mol. The molecule has 2 aromatic rings. The van der Waals surface area contributed by atoms with Gasteiger partial charge in [0.25, 0.3) is 11.8 Å². The number of azide groups is 1. The van der Waals surface area contributed by atoms with Gasteiger partial charge in [0.05, 0.1) is 29.8 Å². The van der Waals surface area contributed by atoms with Crippen molar-refractivity contribution in [1.82, 2.24) is 4.90 Å². The highest BCUT2D eigenvalue weighted by atomic mass is 19.1. The van der Waals surface area contributed by atoms with Gasteiger partial charge in [0, 0.05) is 12.0 Å². The minimum Gasteiger partial charge on any atom is -0.376 e. The van der Waals surface area contributed by atoms with E-state index in [2.05, 4.69) is 10.0 Å². The lowest BCUT2D eigenvalue weighted by Gasteiger charge is -2.21. The molecule has 0 radical (unpaired) electrons. The highest BCUT2D eigenvalue weighted by Gasteiger charge is 2.35. The lowest BCUT2D eigenvalue weighted by molar-refractivity contribution is 0.0641. The molecular formula is C19H17FN4O3. The summed E-state index contributed by atoms with van der Waals surface area (Å²) in [5.41, 5.74) is 10.7. The van der Waals surface area contributed by atoms with Gasteiger partial charge in [0.15, 0.2) is 0 Å². The van der Waals surface area contributed by atoms with Gasteiger partial charge < -0.3 is 4.74 Å². The molecule has 1 heterocycles. The van der Waals surface area contributed by atoms with Gasteiger partial charge in [-0.3, -0.25) is 18.9 Å². The molecule has 1 unspecified atom stereocenters. The molecule has 0 spiro atoms. The van der Waals surface area contributed by atoms with Crippen LogP contribution in [0.4, 0.5) is 4.39 Å². The number of fused-ring (bicyclic) bond motifs is 1. The maximum atomic E-state index is 13.1. The predicted octanol–water partition coefficient (Wildman–Crippen LogP) is 3.82. The van der Waals surface area contributed by atoms with E-state index < -0.39 is 18.8 Å². The molecule has 0 saturated heterocycles. The van der Waals surface area contributed by atoms with Gasteiger partial charge >= 0.3 is 0 Å². The van der Waals surface area contributed by atoms with Crippen molar-refractivity contribution in [3.8, 4) is 0 Å². The van der Waals surface area contributed by atoms with Crippen molar-refractivity contribution in [3.63, 3.8) is 0 Å². The van der Waals surface area contributed by atoms with E-state index in [-0.39, 0.29) is 18.4 Å². The summed E-state index contributed by atoms with van der Waals surface area (Å²) in [5, 5.41) is 3.42. The van der Waals surface area contributed by atoms with Crippen molar-refractivity contribution in [2.45, 2.75) is 18.7 Å². The van der Waals surface area contributed by atoms with Crippen LogP contribution in [0.1, 0.15) is 37.9 Å². The number of hydrogen-bond donors (Lipinski definition) is 0. The van der Waals surface area contributed by atoms with Crippen LogP contribution in [0.25, 0.3) is 10.4 Å². The van der Waals surface area contributed by atoms with E-state index in [1.54, 1.807) is 48.5 Å². The molecule has 0 fully saturated rings. The van der Waals surface area contributed by atoms with E-state index in [0.29, 0.717) is 16.7 Å². The first kappa shape index (κ1) is 18.6. The smallest absolute Gasteiger partial charge is 0.261 e. The molecule has 7 nitrogen and oxygen atoms in total. The molecule has 1 aliphatic rings. The highest BCUT2D eigenvalue weighted by Crippen LogP contribution is 2.27. The Morgan fingerprint density at radius 3 is 2.19 bits per heavy atom. The zero-order valence-electron chi connectivity index (χ0n) is 14.6. The number of hydrogen-bond acceptors (Lipinski definition) is 4. The first-order chi connectivity index (χ1) is 13.1. The fourth-order valence-electron chi connectivity index (χ4n) is 3.13. The van der Waals surface area contributed by atoms with E-state index >= 15 is 0 Å². The molecular weight excluding hydrogens is 351 g/mol. The Kier molecular flexibility index (Phi) is 5.49. The molecule has 8 heteroatoms. The minimum atomic E-state index is -0.970. The van der Waals surface area contributed by atoms with Crippen molar-refractivity contribution >= 4 is 11.8 Å². The average Bonchev–Trinajstić information content (AvgIpc) is 2.94. The fourth-order valence-corrected chi connectivity index (χ4v) is 3.13. The number of rotatable bonds is 7. The number of benzene rings is 2. The first-order valence-corrected chi connectivity index (χ1v) is 8.27. The van der Waals surface area contributed by atoms with E-state index in [1.807, 2.05) is 0 Å². The van der Waals surface area contributed by atoms with Crippen molar-refractivity contribution < 1.29 is 18.7 Å². The molecule has 2 amide bonds. The number of methoxy groups -OCH3 is 1. The van der Waals surface area contributed by atoms with E-state index in [9.17, 15) is 14.0 Å². The molecule has 3 rings (SSSR count). The van der Waals surface area contributed by atoms with Gasteiger partial charge in [0.1, 0.15) is 6.67 Å². The second-order valence-electron chi connectivity index (χ2n) is 6.07. The third kappa shape index (κ3) is 3.53. The zero-order chi connectivity index (χ0) is 19.4. The maximum Gasteiger partial charge on any atom is 0.261 e. The van der Waals surface area contributed by atoms with Crippen LogP contribution in [0.15, 0.2) is 53.6 Å². The Morgan fingerprint density at radius 2 is 1.70 bits per heavy atom. The normalized spacial score (nSPS) is 15.3. The number of nitrogens with zero attached hydrogens (tertiary/aromatic N) is 4. The van der Waals surface area contributed by atoms with E-state index in [4.69, 9.17) is 10.3 Å². The molecule has 0 bridgehead atoms. The second kappa shape index (κ2) is 7.99. The van der Waals surface area contributed by atoms with Gasteiger partial charge in [-0.1, -0.05) is 41.5 Å². The number of alkyl halides is 1. The number of halogens is 1. The third-order valence-corrected chi connectivity index (χ3v) is 4.49. The zero-order valence-corrected chi connectivity index (χ0v) is 14.6. The molecule has 1 aliphatic heterocycles. The molecule has 138 valence electrons. The number of amides is 2. The second-order valence-corrected chi connectivity index (χ2v) is 6.07. The maximum absolute atomic E-state index is 13.1. The summed E-state index contributed by atoms with van der Waals surface area (Å²) in [6.07, 6.45) is -0.723. The van der Waals surface area contributed by atoms with Crippen molar-refractivity contribution in [2.24, 2.45) is 5.11 Å². The molecule has 0 saturated carbocycles. The van der Waals surface area contributed by atoms with Gasteiger partial charge in [-0.25, -0.2) is 0 Å². The first-order valence-electron chi connectivity index (χ1n) is 8.27. The summed E-state index contributed by atoms with van der Waals surface area (Å²) in [7, 11) is 1.41. The Labute approximate surface area is 155 Å². The van der Waals surface area contributed by atoms with E-state index in [1.165, 1.54) is 12.0 Å². The Bertz CT molecular complexity index is 874. The van der Waals surface area contributed by atoms with Gasteiger partial charge in [-0.15, -0.1) is 0 Å². The Balaban J connectivity index is 1.78. The Hall–Kier alpha value is -3.22. The monoisotopic (exact) mass is 368 g/mol. The van der Waals surface area contributed by atoms with Crippen LogP contribution in [0, 0.1) is 0 Å². The van der Waals surface area contributed by atoms with Crippen LogP contribution < -0.4 is 0 Å². The molecule has 0 N–H and O–H groups in total. The predicted molar refractivity (Wildman–Crippen MR) is 95.7 cm³/mol. The van der Waals surface area contributed by atoms with Gasteiger partial charge in [-0.05, 0) is 28.8 Å². The van der Waals surface area contributed by atoms with Crippen LogP contribution in [-0.4, -0.2) is 36.5 Å². The van der Waals surface area contributed by atoms with Gasteiger partial charge in [-0.2, -0.15) is 0 Å². The summed E-state index contributed by atoms with van der Waals surface area (Å²) >= 11 is 0. The van der Waals surface area contributed by atoms with Crippen molar-refractivity contribution in [2.75, 3.05) is 13.8 Å². The SMILES string of the molecule is CO[C@H](c1ccc(CN2C(=O)c3ccccc3C2=O)cc1)C(CF)N=[N+]=[N-]. The quantitative estimate of drug-likeness (QED) is 0.322. The van der Waals surface area contributed by atoms with Crippen LogP contribution in [-0.2, 0) is 11.3 Å². The summed E-state index contributed by atoms with van der Waals surface area (Å²) in [4.78, 5) is 28.7. The number of imide groups is 1. The van der Waals surface area contributed by atoms with E-state index in [0.717, 1.165) is 5.56 Å². The molecule has 0 aliphatic carbocycles. The molecule has 0 aromatic heterocycles. The van der Waals surface area contributed by atoms with Crippen LogP contribution in [0.5, 0.6) is 0 Å². The standard InChI is InChI=1S/C19H17FN4O3/c1-27-17(16(10-20)22-23-21)13-8-6-12(7-9-13)11-24-18(25)14-4-2-3-5-15(14)19(24)26/h2-9,16-17H,10-11H2,1H3/t16?,17-/m1/s1. The molecule has 2 aromatic carbocycles. The number of carbonyl (C=O) groups is 2. The summed E-state index contributed by atoms with van der Waals surface area (Å²) in [6.45, 7) is -0.716. The summed E-state index contributed by atoms with van der Waals surface area (Å²) in [6, 6.07) is 12.6. The lowest BCUT2D eigenvalue weighted by Crippen LogP contribution is -2.29. The summed E-state index contributed by atoms with van der Waals surface area (Å²) in [5.74, 6) is -0.648. The van der Waals surface area contributed by atoms with Crippen molar-refractivity contribution in [3.05, 3.63) is 81.2 Å². The Morgan fingerprint density at radius 1 is 1.11 bits per heavy atom. The molecule has 2 atom stereocenters. The topological polar surface area (TPSA) is 95.4 Å². The van der Waals surface area contributed by atoms with Crippen molar-refractivity contribution in [1.29, 1.82) is 0 Å². The lowest BCUT2D eigenvalue weighted by atomic mass is 10.0. The highest BCUT2D eigenvalue weighted by molar-refractivity contribution is 6.21. The fraction of sp³-hybridized carbons (Fsp3) is 0.263. The largest absolute Gasteiger partial charge is 0.376 e. The van der Waals surface area contributed by atoms with Crippen LogP contribution >= 0.6 is 0 Å². The van der Waals surface area contributed by atoms with Crippen LogP contribution in [0.2, 0.25) is 0 Å². The summed E-state index contributed by atoms with van der Waals surface area (Å²) < 4.78 is 18.4.